The van der Waals surface area contributed by atoms with Crippen molar-refractivity contribution in [2.24, 2.45) is 0 Å². The van der Waals surface area contributed by atoms with Gasteiger partial charge in [0, 0.05) is 0 Å². The summed E-state index contributed by atoms with van der Waals surface area (Å²) in [6.07, 6.45) is 3.64. The van der Waals surface area contributed by atoms with Gasteiger partial charge in [-0.2, -0.15) is 4.98 Å². The summed E-state index contributed by atoms with van der Waals surface area (Å²) in [5.41, 5.74) is 0.710. The lowest BCUT2D eigenvalue weighted by molar-refractivity contribution is 0.425. The van der Waals surface area contributed by atoms with Crippen LogP contribution >= 0.6 is 23.4 Å². The number of hydrogen-bond donors (Lipinski definition) is 1. The minimum atomic E-state index is 0.392. The number of aromatic amines is 1. The molecule has 0 bridgehead atoms. The second-order valence-electron chi connectivity index (χ2n) is 5.57. The van der Waals surface area contributed by atoms with Crippen LogP contribution in [0.5, 0.6) is 0 Å². The number of nitrogens with one attached hydrogen (secondary N) is 1. The van der Waals surface area contributed by atoms with E-state index in [9.17, 15) is 0 Å². The third kappa shape index (κ3) is 4.29. The number of nitrogens with zero attached hydrogens (tertiary/aromatic N) is 4. The molecule has 0 fully saturated rings. The van der Waals surface area contributed by atoms with Crippen molar-refractivity contribution in [1.82, 2.24) is 25.3 Å². The lowest BCUT2D eigenvalue weighted by Gasteiger charge is -1.95. The molecular weight excluding hydrogens is 386 g/mol. The van der Waals surface area contributed by atoms with Crippen molar-refractivity contribution in [2.75, 3.05) is 0 Å². The summed E-state index contributed by atoms with van der Waals surface area (Å²) in [6, 6.07) is 11.1. The van der Waals surface area contributed by atoms with Gasteiger partial charge in [-0.1, -0.05) is 40.7 Å². The molecule has 4 aromatic rings. The Morgan fingerprint density at radius 2 is 2.04 bits per heavy atom. The van der Waals surface area contributed by atoms with E-state index in [1.807, 2.05) is 43.3 Å². The second kappa shape index (κ2) is 7.81. The molecule has 0 unspecified atom stereocenters. The zero-order chi connectivity index (χ0) is 18.6. The van der Waals surface area contributed by atoms with Crippen LogP contribution in [0.3, 0.4) is 0 Å². The van der Waals surface area contributed by atoms with Gasteiger partial charge in [0.1, 0.15) is 17.3 Å². The Labute approximate surface area is 163 Å². The number of aryl methyl sites for hydroxylation is 1. The normalized spacial score (nSPS) is 11.5. The molecule has 3 aromatic heterocycles. The highest BCUT2D eigenvalue weighted by Gasteiger charge is 2.12. The fourth-order valence-corrected chi connectivity index (χ4v) is 3.15. The van der Waals surface area contributed by atoms with Gasteiger partial charge in [-0.15, -0.1) is 5.10 Å². The predicted molar refractivity (Wildman–Crippen MR) is 103 cm³/mol. The maximum absolute atomic E-state index is 6.15. The van der Waals surface area contributed by atoms with Gasteiger partial charge in [0.2, 0.25) is 5.16 Å². The van der Waals surface area contributed by atoms with Crippen LogP contribution < -0.4 is 0 Å². The van der Waals surface area contributed by atoms with Crippen LogP contribution in [0.2, 0.25) is 5.02 Å². The first-order chi connectivity index (χ1) is 13.2. The maximum atomic E-state index is 6.15. The van der Waals surface area contributed by atoms with E-state index < -0.39 is 0 Å². The van der Waals surface area contributed by atoms with Crippen LogP contribution in [0.15, 0.2) is 50.5 Å². The molecule has 0 radical (unpaired) electrons. The molecule has 0 aliphatic rings. The first-order valence-electron chi connectivity index (χ1n) is 8.04. The van der Waals surface area contributed by atoms with Crippen molar-refractivity contribution in [2.45, 2.75) is 17.8 Å². The first-order valence-corrected chi connectivity index (χ1v) is 9.41. The van der Waals surface area contributed by atoms with Gasteiger partial charge in [0.15, 0.2) is 5.82 Å². The van der Waals surface area contributed by atoms with E-state index in [2.05, 4.69) is 25.3 Å². The highest BCUT2D eigenvalue weighted by Crippen LogP contribution is 2.27. The Kier molecular flexibility index (Phi) is 5.08. The van der Waals surface area contributed by atoms with E-state index >= 15 is 0 Å². The number of hydrogen-bond acceptors (Lipinski definition) is 7. The van der Waals surface area contributed by atoms with Gasteiger partial charge in [0.05, 0.1) is 16.3 Å². The van der Waals surface area contributed by atoms with Crippen LogP contribution in [-0.4, -0.2) is 25.3 Å². The Balaban J connectivity index is 1.38. The lowest BCUT2D eigenvalue weighted by Crippen LogP contribution is -1.85. The molecule has 4 rings (SSSR count). The second-order valence-corrected chi connectivity index (χ2v) is 6.92. The first kappa shape index (κ1) is 17.6. The van der Waals surface area contributed by atoms with E-state index in [0.29, 0.717) is 39.0 Å². The van der Waals surface area contributed by atoms with Crippen molar-refractivity contribution >= 4 is 35.5 Å². The number of rotatable bonds is 6. The Morgan fingerprint density at radius 3 is 2.85 bits per heavy atom. The van der Waals surface area contributed by atoms with E-state index in [1.54, 1.807) is 12.1 Å². The molecule has 0 saturated carbocycles. The molecule has 136 valence electrons. The summed E-state index contributed by atoms with van der Waals surface area (Å²) in [5, 5.41) is 12.2. The molecule has 7 nitrogen and oxygen atoms in total. The number of halogens is 1. The van der Waals surface area contributed by atoms with E-state index in [4.69, 9.17) is 20.5 Å². The summed E-state index contributed by atoms with van der Waals surface area (Å²) in [6.45, 7) is 1.90. The topological polar surface area (TPSA) is 93.6 Å². The van der Waals surface area contributed by atoms with Crippen molar-refractivity contribution < 1.29 is 8.94 Å². The van der Waals surface area contributed by atoms with E-state index in [1.165, 1.54) is 11.8 Å². The minimum absolute atomic E-state index is 0.392. The van der Waals surface area contributed by atoms with Gasteiger partial charge in [-0.3, -0.25) is 5.10 Å². The maximum Gasteiger partial charge on any atom is 0.259 e. The molecule has 0 spiro atoms. The average Bonchev–Trinajstić information content (AvgIpc) is 3.40. The Bertz CT molecular complexity index is 1080. The number of aromatic nitrogens is 5. The molecule has 3 heterocycles. The van der Waals surface area contributed by atoms with Crippen molar-refractivity contribution in [3.63, 3.8) is 0 Å². The third-order valence-corrected chi connectivity index (χ3v) is 4.72. The van der Waals surface area contributed by atoms with Crippen LogP contribution in [0.25, 0.3) is 23.6 Å². The van der Waals surface area contributed by atoms with Crippen molar-refractivity contribution in [3.8, 4) is 11.5 Å². The quantitative estimate of drug-likeness (QED) is 0.462. The standard InChI is InChI=1S/C18H14ClN5O2S/c1-11-6-7-12(25-11)8-9-15-21-18(23-22-15)27-10-16-20-17(26-24-16)13-4-2-3-5-14(13)19/h2-9H,10H2,1H3,(H,21,22,23)/b9-8+. The number of H-pyrrole nitrogens is 1. The van der Waals surface area contributed by atoms with Crippen LogP contribution in [-0.2, 0) is 5.75 Å². The van der Waals surface area contributed by atoms with Gasteiger partial charge in [-0.25, -0.2) is 4.98 Å². The zero-order valence-corrected chi connectivity index (χ0v) is 15.8. The molecule has 0 aliphatic heterocycles. The summed E-state index contributed by atoms with van der Waals surface area (Å²) in [7, 11) is 0. The summed E-state index contributed by atoms with van der Waals surface area (Å²) in [4.78, 5) is 8.75. The highest BCUT2D eigenvalue weighted by atomic mass is 35.5. The predicted octanol–water partition coefficient (Wildman–Crippen LogP) is 4.87. The Hall–Kier alpha value is -2.84. The largest absolute Gasteiger partial charge is 0.462 e. The Morgan fingerprint density at radius 1 is 1.15 bits per heavy atom. The van der Waals surface area contributed by atoms with E-state index in [-0.39, 0.29) is 0 Å². The summed E-state index contributed by atoms with van der Waals surface area (Å²) in [5.74, 6) is 3.67. The highest BCUT2D eigenvalue weighted by molar-refractivity contribution is 7.98. The number of benzene rings is 1. The molecular formula is C18H14ClN5O2S. The van der Waals surface area contributed by atoms with Crippen LogP contribution in [0.1, 0.15) is 23.2 Å². The van der Waals surface area contributed by atoms with Crippen LogP contribution in [0, 0.1) is 6.92 Å². The fraction of sp³-hybridized carbons (Fsp3) is 0.111. The number of thioether (sulfide) groups is 1. The zero-order valence-electron chi connectivity index (χ0n) is 14.2. The van der Waals surface area contributed by atoms with Gasteiger partial charge >= 0.3 is 0 Å². The molecule has 1 N–H and O–H groups in total. The molecule has 1 aromatic carbocycles. The minimum Gasteiger partial charge on any atom is -0.462 e. The third-order valence-electron chi connectivity index (χ3n) is 3.55. The van der Waals surface area contributed by atoms with Crippen LogP contribution in [0.4, 0.5) is 0 Å². The molecule has 9 heteroatoms. The average molecular weight is 400 g/mol. The molecule has 27 heavy (non-hydrogen) atoms. The SMILES string of the molecule is Cc1ccc(/C=C/c2nc(SCc3noc(-c4ccccc4Cl)n3)n[nH]2)o1. The molecule has 0 atom stereocenters. The lowest BCUT2D eigenvalue weighted by atomic mass is 10.2. The fourth-order valence-electron chi connectivity index (χ4n) is 2.29. The molecule has 0 amide bonds. The van der Waals surface area contributed by atoms with Gasteiger partial charge in [-0.05, 0) is 43.3 Å². The number of furan rings is 1. The van der Waals surface area contributed by atoms with Gasteiger partial charge < -0.3 is 8.94 Å². The molecule has 0 saturated heterocycles. The van der Waals surface area contributed by atoms with Gasteiger partial charge in [0.25, 0.3) is 5.89 Å². The van der Waals surface area contributed by atoms with Crippen molar-refractivity contribution in [1.29, 1.82) is 0 Å². The van der Waals surface area contributed by atoms with Crippen molar-refractivity contribution in [3.05, 3.63) is 64.6 Å². The molecule has 0 aliphatic carbocycles. The summed E-state index contributed by atoms with van der Waals surface area (Å²) < 4.78 is 10.8. The monoisotopic (exact) mass is 399 g/mol. The smallest absolute Gasteiger partial charge is 0.259 e. The van der Waals surface area contributed by atoms with E-state index in [0.717, 1.165) is 11.5 Å². The summed E-state index contributed by atoms with van der Waals surface area (Å²) >= 11 is 7.55.